The lowest BCUT2D eigenvalue weighted by molar-refractivity contribution is 0.0927. The van der Waals surface area contributed by atoms with Crippen LogP contribution >= 0.6 is 23.1 Å². The largest absolute Gasteiger partial charge is 0.348 e. The first-order chi connectivity index (χ1) is 10.8. The number of thioether (sulfide) groups is 1. The van der Waals surface area contributed by atoms with E-state index in [9.17, 15) is 4.79 Å². The van der Waals surface area contributed by atoms with Crippen LogP contribution in [0.1, 0.15) is 28.1 Å². The first-order valence-electron chi connectivity index (χ1n) is 7.59. The zero-order chi connectivity index (χ0) is 15.2. The van der Waals surface area contributed by atoms with Crippen molar-refractivity contribution in [3.8, 4) is 0 Å². The molecule has 116 valence electrons. The lowest BCUT2D eigenvalue weighted by Gasteiger charge is -2.24. The molecular weight excluding hydrogens is 312 g/mol. The summed E-state index contributed by atoms with van der Waals surface area (Å²) in [6, 6.07) is 12.3. The van der Waals surface area contributed by atoms with Gasteiger partial charge in [0.1, 0.15) is 0 Å². The van der Waals surface area contributed by atoms with Gasteiger partial charge in [0.05, 0.1) is 5.56 Å². The number of nitrogens with one attached hydrogen (secondary N) is 2. The van der Waals surface area contributed by atoms with Crippen LogP contribution in [0.3, 0.4) is 0 Å². The van der Waals surface area contributed by atoms with Gasteiger partial charge in [-0.1, -0.05) is 18.2 Å². The summed E-state index contributed by atoms with van der Waals surface area (Å²) in [6.45, 7) is 1.93. The minimum Gasteiger partial charge on any atom is -0.348 e. The fourth-order valence-corrected chi connectivity index (χ4v) is 4.38. The standard InChI is InChI=1S/C17H20N2OS2/c20-17(19-13-5-3-9-18-11-13)15-7-1-2-8-16(15)22-12-14-6-4-10-21-14/h1-2,4,6-8,10,13,18H,3,5,9,11-12H2,(H,19,20). The number of thiophene rings is 1. The van der Waals surface area contributed by atoms with Crippen molar-refractivity contribution in [3.05, 3.63) is 52.2 Å². The smallest absolute Gasteiger partial charge is 0.252 e. The zero-order valence-corrected chi connectivity index (χ0v) is 14.0. The van der Waals surface area contributed by atoms with E-state index in [-0.39, 0.29) is 11.9 Å². The summed E-state index contributed by atoms with van der Waals surface area (Å²) in [5.41, 5.74) is 0.787. The van der Waals surface area contributed by atoms with E-state index in [4.69, 9.17) is 0 Å². The molecular formula is C17H20N2OS2. The summed E-state index contributed by atoms with van der Waals surface area (Å²) in [5, 5.41) is 8.58. The second kappa shape index (κ2) is 7.81. The number of hydrogen-bond donors (Lipinski definition) is 2. The Kier molecular flexibility index (Phi) is 5.53. The normalized spacial score (nSPS) is 18.1. The van der Waals surface area contributed by atoms with Crippen molar-refractivity contribution in [2.45, 2.75) is 29.5 Å². The minimum atomic E-state index is 0.0444. The summed E-state index contributed by atoms with van der Waals surface area (Å²) in [5.74, 6) is 0.954. The van der Waals surface area contributed by atoms with Crippen LogP contribution in [0.4, 0.5) is 0 Å². The Morgan fingerprint density at radius 1 is 1.32 bits per heavy atom. The summed E-state index contributed by atoms with van der Waals surface area (Å²) in [6.07, 6.45) is 2.18. The molecule has 1 aromatic carbocycles. The summed E-state index contributed by atoms with van der Waals surface area (Å²) in [4.78, 5) is 14.9. The van der Waals surface area contributed by atoms with Crippen molar-refractivity contribution in [2.24, 2.45) is 0 Å². The van der Waals surface area contributed by atoms with E-state index >= 15 is 0 Å². The molecule has 1 fully saturated rings. The first kappa shape index (κ1) is 15.6. The molecule has 1 amide bonds. The summed E-state index contributed by atoms with van der Waals surface area (Å²) < 4.78 is 0. The third-order valence-corrected chi connectivity index (χ3v) is 5.90. The van der Waals surface area contributed by atoms with Crippen LogP contribution in [0.25, 0.3) is 0 Å². The summed E-state index contributed by atoms with van der Waals surface area (Å²) >= 11 is 3.48. The van der Waals surface area contributed by atoms with E-state index in [1.807, 2.05) is 24.3 Å². The lowest BCUT2D eigenvalue weighted by atomic mass is 10.1. The second-order valence-corrected chi connectivity index (χ2v) is 7.43. The van der Waals surface area contributed by atoms with Gasteiger partial charge in [-0.2, -0.15) is 0 Å². The molecule has 2 aromatic rings. The Bertz CT molecular complexity index is 607. The fourth-order valence-electron chi connectivity index (χ4n) is 2.56. The van der Waals surface area contributed by atoms with Gasteiger partial charge in [-0.05, 0) is 43.0 Å². The number of amides is 1. The molecule has 1 unspecified atom stereocenters. The molecule has 2 heterocycles. The SMILES string of the molecule is O=C(NC1CCCNC1)c1ccccc1SCc1cccs1. The van der Waals surface area contributed by atoms with Crippen LogP contribution in [0.5, 0.6) is 0 Å². The highest BCUT2D eigenvalue weighted by molar-refractivity contribution is 7.98. The van der Waals surface area contributed by atoms with Gasteiger partial charge in [0, 0.05) is 28.1 Å². The van der Waals surface area contributed by atoms with Crippen LogP contribution < -0.4 is 10.6 Å². The molecule has 1 atom stereocenters. The van der Waals surface area contributed by atoms with E-state index in [0.717, 1.165) is 42.1 Å². The van der Waals surface area contributed by atoms with Gasteiger partial charge in [0.2, 0.25) is 0 Å². The number of carbonyl (C=O) groups is 1. The van der Waals surface area contributed by atoms with Gasteiger partial charge in [-0.25, -0.2) is 0 Å². The van der Waals surface area contributed by atoms with E-state index < -0.39 is 0 Å². The minimum absolute atomic E-state index is 0.0444. The van der Waals surface area contributed by atoms with Crippen LogP contribution in [0.15, 0.2) is 46.7 Å². The first-order valence-corrected chi connectivity index (χ1v) is 9.45. The van der Waals surface area contributed by atoms with Crippen LogP contribution in [-0.4, -0.2) is 25.0 Å². The Hall–Kier alpha value is -1.30. The van der Waals surface area contributed by atoms with Crippen molar-refractivity contribution >= 4 is 29.0 Å². The van der Waals surface area contributed by atoms with Gasteiger partial charge in [-0.3, -0.25) is 4.79 Å². The zero-order valence-electron chi connectivity index (χ0n) is 12.4. The second-order valence-electron chi connectivity index (χ2n) is 5.38. The molecule has 0 bridgehead atoms. The number of benzene rings is 1. The predicted octanol–water partition coefficient (Wildman–Crippen LogP) is 3.52. The molecule has 1 aromatic heterocycles. The Labute approximate surface area is 139 Å². The van der Waals surface area contributed by atoms with Gasteiger partial charge in [0.15, 0.2) is 0 Å². The van der Waals surface area contributed by atoms with Crippen LogP contribution in [0.2, 0.25) is 0 Å². The maximum Gasteiger partial charge on any atom is 0.252 e. The van der Waals surface area contributed by atoms with Gasteiger partial charge in [0.25, 0.3) is 5.91 Å². The predicted molar refractivity (Wildman–Crippen MR) is 93.7 cm³/mol. The highest BCUT2D eigenvalue weighted by Crippen LogP contribution is 2.28. The van der Waals surface area contributed by atoms with Gasteiger partial charge >= 0.3 is 0 Å². The number of hydrogen-bond acceptors (Lipinski definition) is 4. The molecule has 2 N–H and O–H groups in total. The maximum atomic E-state index is 12.5. The van der Waals surface area contributed by atoms with E-state index in [1.54, 1.807) is 23.1 Å². The van der Waals surface area contributed by atoms with Crippen molar-refractivity contribution < 1.29 is 4.79 Å². The lowest BCUT2D eigenvalue weighted by Crippen LogP contribution is -2.45. The molecule has 3 rings (SSSR count). The molecule has 1 aliphatic heterocycles. The third kappa shape index (κ3) is 4.12. The quantitative estimate of drug-likeness (QED) is 0.823. The monoisotopic (exact) mass is 332 g/mol. The topological polar surface area (TPSA) is 41.1 Å². The van der Waals surface area contributed by atoms with E-state index in [2.05, 4.69) is 28.1 Å². The number of carbonyl (C=O) groups excluding carboxylic acids is 1. The van der Waals surface area contributed by atoms with Crippen LogP contribution in [-0.2, 0) is 5.75 Å². The van der Waals surface area contributed by atoms with E-state index in [0.29, 0.717) is 0 Å². The Morgan fingerprint density at radius 2 is 2.23 bits per heavy atom. The average molecular weight is 332 g/mol. The molecule has 1 aliphatic rings. The van der Waals surface area contributed by atoms with Crippen LogP contribution in [0, 0.1) is 0 Å². The van der Waals surface area contributed by atoms with Crippen molar-refractivity contribution in [1.29, 1.82) is 0 Å². The van der Waals surface area contributed by atoms with Crippen molar-refractivity contribution in [3.63, 3.8) is 0 Å². The highest BCUT2D eigenvalue weighted by Gasteiger charge is 2.18. The molecule has 0 spiro atoms. The molecule has 0 radical (unpaired) electrons. The molecule has 22 heavy (non-hydrogen) atoms. The average Bonchev–Trinajstić information content (AvgIpc) is 3.07. The van der Waals surface area contributed by atoms with Gasteiger partial charge < -0.3 is 10.6 Å². The third-order valence-electron chi connectivity index (χ3n) is 3.71. The Balaban J connectivity index is 1.65. The highest BCUT2D eigenvalue weighted by atomic mass is 32.2. The maximum absolute atomic E-state index is 12.5. The molecule has 0 aliphatic carbocycles. The summed E-state index contributed by atoms with van der Waals surface area (Å²) in [7, 11) is 0. The molecule has 5 heteroatoms. The Morgan fingerprint density at radius 3 is 3.00 bits per heavy atom. The molecule has 1 saturated heterocycles. The fraction of sp³-hybridized carbons (Fsp3) is 0.353. The van der Waals surface area contributed by atoms with Gasteiger partial charge in [-0.15, -0.1) is 23.1 Å². The van der Waals surface area contributed by atoms with E-state index in [1.165, 1.54) is 4.88 Å². The number of piperidine rings is 1. The number of rotatable bonds is 5. The molecule has 0 saturated carbocycles. The van der Waals surface area contributed by atoms with Crippen molar-refractivity contribution in [2.75, 3.05) is 13.1 Å². The van der Waals surface area contributed by atoms with Crippen molar-refractivity contribution in [1.82, 2.24) is 10.6 Å². The molecule has 3 nitrogen and oxygen atoms in total.